The largest absolute Gasteiger partial charge is 0.308 e. The number of rotatable bonds is 6. The summed E-state index contributed by atoms with van der Waals surface area (Å²) in [5, 5.41) is 3.98. The van der Waals surface area contributed by atoms with Gasteiger partial charge in [0.1, 0.15) is 0 Å². The Bertz CT molecular complexity index is 850. The van der Waals surface area contributed by atoms with Crippen LogP contribution in [0.15, 0.2) is 85.2 Å². The van der Waals surface area contributed by atoms with Crippen LogP contribution in [0, 0.1) is 5.92 Å². The zero-order valence-electron chi connectivity index (χ0n) is 16.8. The second-order valence-corrected chi connectivity index (χ2v) is 8.43. The zero-order chi connectivity index (χ0) is 19.5. The lowest BCUT2D eigenvalue weighted by Gasteiger charge is -2.54. The van der Waals surface area contributed by atoms with E-state index < -0.39 is 0 Å². The Morgan fingerprint density at radius 2 is 1.45 bits per heavy atom. The van der Waals surface area contributed by atoms with Crippen LogP contribution in [0.4, 0.5) is 0 Å². The number of fused-ring (bicyclic) bond motifs is 3. The fraction of sp³-hybridized carbons (Fsp3) is 0.346. The van der Waals surface area contributed by atoms with Crippen molar-refractivity contribution in [1.29, 1.82) is 0 Å². The van der Waals surface area contributed by atoms with Crippen LogP contribution in [0.2, 0.25) is 0 Å². The summed E-state index contributed by atoms with van der Waals surface area (Å²) in [6.07, 6.45) is 6.49. The molecule has 3 aliphatic rings. The minimum atomic E-state index is 0.357. The molecule has 3 saturated heterocycles. The van der Waals surface area contributed by atoms with E-state index in [1.54, 1.807) is 0 Å². The predicted octanol–water partition coefficient (Wildman–Crippen LogP) is 4.47. The lowest BCUT2D eigenvalue weighted by molar-refractivity contribution is 0.00467. The number of pyridine rings is 1. The van der Waals surface area contributed by atoms with E-state index in [0.717, 1.165) is 12.5 Å². The molecule has 0 radical (unpaired) electrons. The quantitative estimate of drug-likeness (QED) is 0.681. The van der Waals surface area contributed by atoms with Crippen molar-refractivity contribution in [2.75, 3.05) is 13.1 Å². The molecule has 3 aliphatic heterocycles. The first kappa shape index (κ1) is 18.5. The third-order valence-electron chi connectivity index (χ3n) is 6.82. The van der Waals surface area contributed by atoms with E-state index >= 15 is 0 Å². The average Bonchev–Trinajstić information content (AvgIpc) is 2.81. The number of hydrogen-bond donors (Lipinski definition) is 1. The molecule has 3 nitrogen and oxygen atoms in total. The molecule has 2 aromatic carbocycles. The van der Waals surface area contributed by atoms with E-state index in [4.69, 9.17) is 0 Å². The van der Waals surface area contributed by atoms with E-state index in [-0.39, 0.29) is 0 Å². The van der Waals surface area contributed by atoms with Gasteiger partial charge >= 0.3 is 0 Å². The van der Waals surface area contributed by atoms with Gasteiger partial charge in [-0.25, -0.2) is 0 Å². The minimum Gasteiger partial charge on any atom is -0.308 e. The lowest BCUT2D eigenvalue weighted by Crippen LogP contribution is -2.64. The van der Waals surface area contributed by atoms with Crippen molar-refractivity contribution in [3.05, 3.63) is 102 Å². The summed E-state index contributed by atoms with van der Waals surface area (Å²) in [5.74, 6) is 1.11. The molecule has 4 heterocycles. The van der Waals surface area contributed by atoms with Gasteiger partial charge in [-0.2, -0.15) is 0 Å². The van der Waals surface area contributed by atoms with Crippen LogP contribution in [0.1, 0.15) is 35.4 Å². The highest BCUT2D eigenvalue weighted by Crippen LogP contribution is 2.42. The van der Waals surface area contributed by atoms with Crippen LogP contribution < -0.4 is 5.32 Å². The molecule has 3 atom stereocenters. The first-order valence-electron chi connectivity index (χ1n) is 10.9. The molecule has 3 aromatic rings. The van der Waals surface area contributed by atoms with Crippen molar-refractivity contribution in [2.24, 2.45) is 5.92 Å². The van der Waals surface area contributed by atoms with Crippen LogP contribution in [0.3, 0.4) is 0 Å². The summed E-state index contributed by atoms with van der Waals surface area (Å²) in [4.78, 5) is 7.02. The highest BCUT2D eigenvalue weighted by atomic mass is 15.2. The van der Waals surface area contributed by atoms with Crippen molar-refractivity contribution >= 4 is 0 Å². The van der Waals surface area contributed by atoms with Gasteiger partial charge in [0.2, 0.25) is 0 Å². The third-order valence-corrected chi connectivity index (χ3v) is 6.82. The average molecular weight is 384 g/mol. The SMILES string of the molecule is c1ccc(CN[C@@H]2C3CCN(CC3)[C@H]2C(c2ccccc2)c2ccncc2)cc1. The Morgan fingerprint density at radius 1 is 0.828 bits per heavy atom. The molecule has 3 heteroatoms. The van der Waals surface area contributed by atoms with E-state index in [9.17, 15) is 0 Å². The molecule has 0 saturated carbocycles. The maximum Gasteiger partial charge on any atom is 0.0361 e. The van der Waals surface area contributed by atoms with E-state index in [2.05, 4.69) is 88.0 Å². The molecule has 2 bridgehead atoms. The molecule has 0 aliphatic carbocycles. The summed E-state index contributed by atoms with van der Waals surface area (Å²) in [5.41, 5.74) is 4.14. The van der Waals surface area contributed by atoms with Crippen LogP contribution in [0.25, 0.3) is 0 Å². The standard InChI is InChI=1S/C26H29N3/c1-3-7-20(8-4-1)19-28-25-23-13-17-29(18-14-23)26(25)24(21-9-5-2-6-10-21)22-11-15-27-16-12-22/h1-12,15-16,23-26,28H,13-14,17-19H2/t24?,25-,26+/m1/s1. The van der Waals surface area contributed by atoms with Crippen LogP contribution in [-0.4, -0.2) is 35.1 Å². The molecule has 0 amide bonds. The Balaban J connectivity index is 1.50. The van der Waals surface area contributed by atoms with E-state index in [1.165, 1.54) is 42.6 Å². The normalized spacial score (nSPS) is 26.9. The highest BCUT2D eigenvalue weighted by Gasteiger charge is 2.46. The number of hydrogen-bond acceptors (Lipinski definition) is 3. The number of nitrogens with zero attached hydrogens (tertiary/aromatic N) is 2. The van der Waals surface area contributed by atoms with Gasteiger partial charge in [0.05, 0.1) is 0 Å². The maximum absolute atomic E-state index is 4.28. The van der Waals surface area contributed by atoms with Crippen molar-refractivity contribution in [3.63, 3.8) is 0 Å². The van der Waals surface area contributed by atoms with Gasteiger partial charge < -0.3 is 5.32 Å². The fourth-order valence-electron chi connectivity index (χ4n) is 5.44. The van der Waals surface area contributed by atoms with E-state index in [0.29, 0.717) is 18.0 Å². The van der Waals surface area contributed by atoms with Gasteiger partial charge in [0.15, 0.2) is 0 Å². The molecule has 148 valence electrons. The molecule has 3 fully saturated rings. The minimum absolute atomic E-state index is 0.357. The van der Waals surface area contributed by atoms with Gasteiger partial charge in [-0.15, -0.1) is 0 Å². The van der Waals surface area contributed by atoms with Crippen LogP contribution in [0.5, 0.6) is 0 Å². The molecular formula is C26H29N3. The molecule has 29 heavy (non-hydrogen) atoms. The number of nitrogens with one attached hydrogen (secondary N) is 1. The number of aromatic nitrogens is 1. The lowest BCUT2D eigenvalue weighted by atomic mass is 9.70. The van der Waals surface area contributed by atoms with Gasteiger partial charge in [-0.05, 0) is 60.7 Å². The van der Waals surface area contributed by atoms with Gasteiger partial charge in [-0.3, -0.25) is 9.88 Å². The van der Waals surface area contributed by atoms with Crippen LogP contribution in [-0.2, 0) is 6.54 Å². The van der Waals surface area contributed by atoms with Gasteiger partial charge in [0.25, 0.3) is 0 Å². The zero-order valence-corrected chi connectivity index (χ0v) is 16.8. The highest BCUT2D eigenvalue weighted by molar-refractivity contribution is 5.35. The van der Waals surface area contributed by atoms with Crippen LogP contribution >= 0.6 is 0 Å². The third kappa shape index (κ3) is 3.85. The van der Waals surface area contributed by atoms with Crippen molar-refractivity contribution in [1.82, 2.24) is 15.2 Å². The van der Waals surface area contributed by atoms with Crippen molar-refractivity contribution in [3.8, 4) is 0 Å². The summed E-state index contributed by atoms with van der Waals surface area (Å²) < 4.78 is 0. The Labute approximate surface area is 173 Å². The summed E-state index contributed by atoms with van der Waals surface area (Å²) in [7, 11) is 0. The topological polar surface area (TPSA) is 28.2 Å². The molecule has 1 N–H and O–H groups in total. The first-order chi connectivity index (χ1) is 14.4. The van der Waals surface area contributed by atoms with Gasteiger partial charge in [0, 0.05) is 36.9 Å². The second kappa shape index (κ2) is 8.48. The number of benzene rings is 2. The molecular weight excluding hydrogens is 354 g/mol. The van der Waals surface area contributed by atoms with Crippen molar-refractivity contribution < 1.29 is 0 Å². The summed E-state index contributed by atoms with van der Waals surface area (Å²) >= 11 is 0. The fourth-order valence-corrected chi connectivity index (χ4v) is 5.44. The Hall–Kier alpha value is -2.49. The molecule has 1 unspecified atom stereocenters. The van der Waals surface area contributed by atoms with E-state index in [1.807, 2.05) is 12.4 Å². The summed E-state index contributed by atoms with van der Waals surface area (Å²) in [6, 6.07) is 27.2. The predicted molar refractivity (Wildman–Crippen MR) is 118 cm³/mol. The first-order valence-corrected chi connectivity index (χ1v) is 10.9. The Kier molecular flexibility index (Phi) is 5.42. The van der Waals surface area contributed by atoms with Gasteiger partial charge in [-0.1, -0.05) is 60.7 Å². The van der Waals surface area contributed by atoms with Crippen molar-refractivity contribution in [2.45, 2.75) is 37.4 Å². The summed E-state index contributed by atoms with van der Waals surface area (Å²) in [6.45, 7) is 3.37. The second-order valence-electron chi connectivity index (χ2n) is 8.43. The maximum atomic E-state index is 4.28. The Morgan fingerprint density at radius 3 is 2.14 bits per heavy atom. The smallest absolute Gasteiger partial charge is 0.0361 e. The molecule has 1 aromatic heterocycles. The molecule has 0 spiro atoms. The monoisotopic (exact) mass is 383 g/mol. The number of piperidine rings is 3. The molecule has 6 rings (SSSR count).